The highest BCUT2D eigenvalue weighted by atomic mass is 32.2. The Balaban J connectivity index is 1.73. The lowest BCUT2D eigenvalue weighted by atomic mass is 10.0. The van der Waals surface area contributed by atoms with Gasteiger partial charge in [-0.2, -0.15) is 5.10 Å². The molecule has 0 radical (unpaired) electrons. The minimum atomic E-state index is -0.318. The minimum Gasteiger partial charge on any atom is -0.333 e. The fourth-order valence-electron chi connectivity index (χ4n) is 2.57. The fourth-order valence-corrected chi connectivity index (χ4v) is 3.30. The summed E-state index contributed by atoms with van der Waals surface area (Å²) in [6.07, 6.45) is 1.43. The highest BCUT2D eigenvalue weighted by molar-refractivity contribution is 7.99. The van der Waals surface area contributed by atoms with E-state index in [0.29, 0.717) is 22.7 Å². The van der Waals surface area contributed by atoms with Gasteiger partial charge in [0.05, 0.1) is 11.9 Å². The quantitative estimate of drug-likeness (QED) is 0.531. The monoisotopic (exact) mass is 371 g/mol. The number of rotatable bonds is 5. The molecule has 0 saturated carbocycles. The van der Waals surface area contributed by atoms with Crippen LogP contribution in [0.3, 0.4) is 0 Å². The van der Waals surface area contributed by atoms with Crippen molar-refractivity contribution in [3.8, 4) is 0 Å². The number of nitrogens with one attached hydrogen (secondary N) is 2. The molecule has 0 bridgehead atoms. The molecule has 136 valence electrons. The van der Waals surface area contributed by atoms with Gasteiger partial charge < -0.3 is 9.88 Å². The Morgan fingerprint density at radius 2 is 1.96 bits per heavy atom. The smallest absolute Gasteiger partial charge is 0.262 e. The Morgan fingerprint density at radius 3 is 2.65 bits per heavy atom. The number of aromatic amines is 2. The maximum atomic E-state index is 12.8. The summed E-state index contributed by atoms with van der Waals surface area (Å²) in [5, 5.41) is 7.29. The van der Waals surface area contributed by atoms with Crippen molar-refractivity contribution >= 4 is 28.7 Å². The lowest BCUT2D eigenvalue weighted by Gasteiger charge is -2.36. The van der Waals surface area contributed by atoms with Crippen LogP contribution in [0.2, 0.25) is 0 Å². The molecule has 0 aliphatic heterocycles. The molecule has 7 nitrogen and oxygen atoms in total. The van der Waals surface area contributed by atoms with Gasteiger partial charge in [0.25, 0.3) is 5.56 Å². The van der Waals surface area contributed by atoms with Gasteiger partial charge in [-0.05, 0) is 26.3 Å². The first-order chi connectivity index (χ1) is 12.3. The number of amides is 1. The summed E-state index contributed by atoms with van der Waals surface area (Å²) in [6.45, 7) is 6.56. The van der Waals surface area contributed by atoms with Crippen LogP contribution in [0.15, 0.2) is 46.5 Å². The Morgan fingerprint density at radius 1 is 1.23 bits per heavy atom. The lowest BCUT2D eigenvalue weighted by Crippen LogP contribution is -2.45. The zero-order valence-corrected chi connectivity index (χ0v) is 15.8. The number of H-pyrrole nitrogens is 2. The molecule has 2 N–H and O–H groups in total. The maximum Gasteiger partial charge on any atom is 0.262 e. The van der Waals surface area contributed by atoms with Crippen molar-refractivity contribution in [2.75, 3.05) is 5.75 Å². The third-order valence-corrected chi connectivity index (χ3v) is 4.78. The van der Waals surface area contributed by atoms with Crippen molar-refractivity contribution < 1.29 is 4.79 Å². The van der Waals surface area contributed by atoms with Crippen molar-refractivity contribution in [3.63, 3.8) is 0 Å². The van der Waals surface area contributed by atoms with E-state index in [1.54, 1.807) is 0 Å². The van der Waals surface area contributed by atoms with Crippen LogP contribution < -0.4 is 5.56 Å². The largest absolute Gasteiger partial charge is 0.333 e. The molecule has 3 aromatic rings. The Hall–Kier alpha value is -2.61. The van der Waals surface area contributed by atoms with E-state index in [4.69, 9.17) is 0 Å². The number of hydrogen-bond acceptors (Lipinski definition) is 5. The van der Waals surface area contributed by atoms with Gasteiger partial charge in [0, 0.05) is 12.1 Å². The Kier molecular flexibility index (Phi) is 5.13. The Bertz CT molecular complexity index is 959. The van der Waals surface area contributed by atoms with E-state index in [1.165, 1.54) is 18.0 Å². The van der Waals surface area contributed by atoms with Crippen LogP contribution in [0.25, 0.3) is 11.0 Å². The standard InChI is InChI=1S/C18H21N5O2S/c1-18(2,3)23(10-12-7-5-4-6-8-12)14(24)11-26-17-20-15-13(9-19-22-15)16(25)21-17/h4-9H,10-11H2,1-3H3,(H2,19,20,21,22,25). The van der Waals surface area contributed by atoms with Gasteiger partial charge in [-0.15, -0.1) is 0 Å². The van der Waals surface area contributed by atoms with E-state index < -0.39 is 0 Å². The summed E-state index contributed by atoms with van der Waals surface area (Å²) in [4.78, 5) is 33.6. The number of aromatic nitrogens is 4. The van der Waals surface area contributed by atoms with Crippen LogP contribution >= 0.6 is 11.8 Å². The van der Waals surface area contributed by atoms with Crippen molar-refractivity contribution in [3.05, 3.63) is 52.4 Å². The van der Waals surface area contributed by atoms with Gasteiger partial charge >= 0.3 is 0 Å². The number of carbonyl (C=O) groups is 1. The number of nitrogens with zero attached hydrogens (tertiary/aromatic N) is 3. The van der Waals surface area contributed by atoms with Crippen molar-refractivity contribution in [1.29, 1.82) is 0 Å². The molecular formula is C18H21N5O2S. The topological polar surface area (TPSA) is 94.7 Å². The predicted octanol–water partition coefficient (Wildman–Crippen LogP) is 2.57. The zero-order chi connectivity index (χ0) is 18.7. The number of hydrogen-bond donors (Lipinski definition) is 2. The average molecular weight is 371 g/mol. The molecule has 0 saturated heterocycles. The summed E-state index contributed by atoms with van der Waals surface area (Å²) < 4.78 is 0. The molecule has 3 rings (SSSR count). The van der Waals surface area contributed by atoms with Crippen molar-refractivity contribution in [2.45, 2.75) is 38.0 Å². The summed E-state index contributed by atoms with van der Waals surface area (Å²) in [5.74, 6) is 0.172. The molecule has 2 aromatic heterocycles. The highest BCUT2D eigenvalue weighted by Gasteiger charge is 2.26. The van der Waals surface area contributed by atoms with E-state index in [-0.39, 0.29) is 22.8 Å². The predicted molar refractivity (Wildman–Crippen MR) is 102 cm³/mol. The molecule has 1 amide bonds. The van der Waals surface area contributed by atoms with Crippen molar-refractivity contribution in [1.82, 2.24) is 25.1 Å². The summed E-state index contributed by atoms with van der Waals surface area (Å²) >= 11 is 1.21. The number of carbonyl (C=O) groups excluding carboxylic acids is 1. The van der Waals surface area contributed by atoms with Gasteiger partial charge in [0.15, 0.2) is 10.8 Å². The number of fused-ring (bicyclic) bond motifs is 1. The first-order valence-electron chi connectivity index (χ1n) is 8.25. The molecule has 0 atom stereocenters. The second kappa shape index (κ2) is 7.33. The van der Waals surface area contributed by atoms with E-state index in [9.17, 15) is 9.59 Å². The van der Waals surface area contributed by atoms with E-state index in [0.717, 1.165) is 5.56 Å². The van der Waals surface area contributed by atoms with Crippen molar-refractivity contribution in [2.24, 2.45) is 0 Å². The lowest BCUT2D eigenvalue weighted by molar-refractivity contribution is -0.133. The van der Waals surface area contributed by atoms with Crippen LogP contribution in [0, 0.1) is 0 Å². The third kappa shape index (κ3) is 4.13. The van der Waals surface area contributed by atoms with Crippen LogP contribution in [0.1, 0.15) is 26.3 Å². The summed E-state index contributed by atoms with van der Waals surface area (Å²) in [6, 6.07) is 9.89. The van der Waals surface area contributed by atoms with E-state index in [2.05, 4.69) is 20.2 Å². The summed E-state index contributed by atoms with van der Waals surface area (Å²) in [7, 11) is 0. The van der Waals surface area contributed by atoms with Crippen LogP contribution in [0.5, 0.6) is 0 Å². The minimum absolute atomic E-state index is 0.0151. The fraction of sp³-hybridized carbons (Fsp3) is 0.333. The highest BCUT2D eigenvalue weighted by Crippen LogP contribution is 2.21. The third-order valence-electron chi connectivity index (χ3n) is 3.92. The first kappa shape index (κ1) is 18.2. The SMILES string of the molecule is CC(C)(C)N(Cc1ccccc1)C(=O)CSc1nc2[nH]ncc2c(=O)[nH]1. The molecule has 2 heterocycles. The second-order valence-corrected chi connectivity index (χ2v) is 7.89. The van der Waals surface area contributed by atoms with Gasteiger partial charge in [0.2, 0.25) is 5.91 Å². The molecule has 0 spiro atoms. The first-order valence-corrected chi connectivity index (χ1v) is 9.24. The van der Waals surface area contributed by atoms with Gasteiger partial charge in [0.1, 0.15) is 5.39 Å². The maximum absolute atomic E-state index is 12.8. The number of benzene rings is 1. The molecule has 0 unspecified atom stereocenters. The zero-order valence-electron chi connectivity index (χ0n) is 14.9. The van der Waals surface area contributed by atoms with Gasteiger partial charge in [-0.3, -0.25) is 14.7 Å². The normalized spacial score (nSPS) is 11.7. The molecule has 0 aliphatic rings. The molecule has 0 fully saturated rings. The molecule has 1 aromatic carbocycles. The van der Waals surface area contributed by atoms with Crippen LogP contribution in [-0.4, -0.2) is 42.3 Å². The number of thioether (sulfide) groups is 1. The Labute approximate surface area is 155 Å². The molecule has 26 heavy (non-hydrogen) atoms. The van der Waals surface area contributed by atoms with Gasteiger partial charge in [-0.1, -0.05) is 42.1 Å². The molecule has 8 heteroatoms. The van der Waals surface area contributed by atoms with Crippen LogP contribution in [0.4, 0.5) is 0 Å². The second-order valence-electron chi connectivity index (χ2n) is 6.93. The summed E-state index contributed by atoms with van der Waals surface area (Å²) in [5.41, 5.74) is 0.907. The molecular weight excluding hydrogens is 350 g/mol. The average Bonchev–Trinajstić information content (AvgIpc) is 3.07. The molecule has 0 aliphatic carbocycles. The van der Waals surface area contributed by atoms with Gasteiger partial charge in [-0.25, -0.2) is 4.98 Å². The van der Waals surface area contributed by atoms with Crippen LogP contribution in [-0.2, 0) is 11.3 Å². The van der Waals surface area contributed by atoms with E-state index >= 15 is 0 Å². The van der Waals surface area contributed by atoms with E-state index in [1.807, 2.05) is 56.0 Å².